The molecule has 4 nitrogen and oxygen atoms in total. The van der Waals surface area contributed by atoms with Gasteiger partial charge >= 0.3 is 5.97 Å². The zero-order valence-electron chi connectivity index (χ0n) is 15.1. The van der Waals surface area contributed by atoms with Crippen molar-refractivity contribution in [3.8, 4) is 0 Å². The summed E-state index contributed by atoms with van der Waals surface area (Å²) in [5.74, 6) is -0.805. The quantitative estimate of drug-likeness (QED) is 0.743. The maximum Gasteiger partial charge on any atom is 0.317 e. The second-order valence-electron chi connectivity index (χ2n) is 7.00. The van der Waals surface area contributed by atoms with Crippen LogP contribution in [0.3, 0.4) is 0 Å². The number of aliphatic carboxylic acids is 1. The van der Waals surface area contributed by atoms with E-state index in [4.69, 9.17) is 0 Å². The second kappa shape index (κ2) is 8.79. The van der Waals surface area contributed by atoms with Crippen molar-refractivity contribution in [2.45, 2.75) is 19.5 Å². The van der Waals surface area contributed by atoms with Gasteiger partial charge in [0.05, 0.1) is 6.54 Å². The molecule has 1 heterocycles. The van der Waals surface area contributed by atoms with Crippen LogP contribution in [0.2, 0.25) is 0 Å². The number of fused-ring (bicyclic) bond motifs is 1. The van der Waals surface area contributed by atoms with E-state index >= 15 is 0 Å². The minimum absolute atomic E-state index is 0.0246. The number of carboxylic acid groups (broad SMARTS) is 1. The summed E-state index contributed by atoms with van der Waals surface area (Å²) in [6.45, 7) is 8.22. The van der Waals surface area contributed by atoms with E-state index in [2.05, 4.69) is 35.7 Å². The lowest BCUT2D eigenvalue weighted by atomic mass is 9.99. The van der Waals surface area contributed by atoms with E-state index in [-0.39, 0.29) is 6.54 Å². The predicted molar refractivity (Wildman–Crippen MR) is 104 cm³/mol. The Morgan fingerprint density at radius 1 is 1.04 bits per heavy atom. The van der Waals surface area contributed by atoms with Crippen LogP contribution in [-0.2, 0) is 24.3 Å². The highest BCUT2D eigenvalue weighted by Crippen LogP contribution is 2.19. The third-order valence-electron chi connectivity index (χ3n) is 4.71. The van der Waals surface area contributed by atoms with Crippen LogP contribution in [0.4, 0.5) is 0 Å². The molecule has 0 unspecified atom stereocenters. The highest BCUT2D eigenvalue weighted by molar-refractivity contribution is 5.69. The van der Waals surface area contributed by atoms with Crippen molar-refractivity contribution in [3.05, 3.63) is 83.4 Å². The molecule has 0 saturated heterocycles. The molecule has 0 aromatic heterocycles. The minimum Gasteiger partial charge on any atom is -0.480 e. The van der Waals surface area contributed by atoms with Crippen LogP contribution in [0.15, 0.2) is 66.7 Å². The van der Waals surface area contributed by atoms with E-state index in [0.29, 0.717) is 13.1 Å². The molecule has 2 aromatic rings. The molecular weight excluding hydrogens is 324 g/mol. The van der Waals surface area contributed by atoms with Crippen LogP contribution >= 0.6 is 0 Å². The fourth-order valence-corrected chi connectivity index (χ4v) is 3.57. The van der Waals surface area contributed by atoms with E-state index < -0.39 is 5.97 Å². The van der Waals surface area contributed by atoms with Gasteiger partial charge in [0.2, 0.25) is 0 Å². The second-order valence-corrected chi connectivity index (χ2v) is 7.00. The Kier molecular flexibility index (Phi) is 6.21. The van der Waals surface area contributed by atoms with E-state index in [1.54, 1.807) is 0 Å². The third kappa shape index (κ3) is 5.28. The molecule has 26 heavy (non-hydrogen) atoms. The Labute approximate surface area is 155 Å². The smallest absolute Gasteiger partial charge is 0.317 e. The summed E-state index contributed by atoms with van der Waals surface area (Å²) in [6.07, 6.45) is 1.06. The molecule has 2 aromatic carbocycles. The van der Waals surface area contributed by atoms with Crippen LogP contribution in [0.5, 0.6) is 0 Å². The van der Waals surface area contributed by atoms with Crippen molar-refractivity contribution in [2.24, 2.45) is 0 Å². The summed E-state index contributed by atoms with van der Waals surface area (Å²) in [5.41, 5.74) is 5.00. The van der Waals surface area contributed by atoms with Gasteiger partial charge < -0.3 is 5.11 Å². The monoisotopic (exact) mass is 350 g/mol. The summed E-state index contributed by atoms with van der Waals surface area (Å²) in [5, 5.41) is 9.22. The number of benzene rings is 2. The number of rotatable bonds is 8. The summed E-state index contributed by atoms with van der Waals surface area (Å²) < 4.78 is 0. The third-order valence-corrected chi connectivity index (χ3v) is 4.71. The Hall–Kier alpha value is -2.43. The molecule has 136 valence electrons. The lowest BCUT2D eigenvalue weighted by molar-refractivity contribution is -0.138. The first-order valence-corrected chi connectivity index (χ1v) is 9.04. The highest BCUT2D eigenvalue weighted by Gasteiger charge is 2.18. The minimum atomic E-state index is -0.805. The van der Waals surface area contributed by atoms with Gasteiger partial charge in [0.25, 0.3) is 0 Å². The van der Waals surface area contributed by atoms with Crippen LogP contribution in [-0.4, -0.2) is 47.1 Å². The van der Waals surface area contributed by atoms with Gasteiger partial charge in [-0.05, 0) is 28.7 Å². The maximum absolute atomic E-state index is 11.2. The largest absolute Gasteiger partial charge is 0.480 e. The lowest BCUT2D eigenvalue weighted by Gasteiger charge is -2.30. The fourth-order valence-electron chi connectivity index (χ4n) is 3.57. The number of hydrogen-bond donors (Lipinski definition) is 1. The fraction of sp³-hybridized carbons (Fsp3) is 0.318. The number of carbonyl (C=O) groups is 1. The van der Waals surface area contributed by atoms with E-state index in [0.717, 1.165) is 37.2 Å². The normalized spacial score (nSPS) is 14.2. The van der Waals surface area contributed by atoms with Crippen LogP contribution in [0.1, 0.15) is 16.7 Å². The van der Waals surface area contributed by atoms with E-state index in [1.165, 1.54) is 11.1 Å². The van der Waals surface area contributed by atoms with E-state index in [9.17, 15) is 9.90 Å². The standard InChI is InChI=1S/C22H26N2O2/c1-18(13-23-12-11-20-9-5-6-10-21(20)16-23)14-24(17-22(25)26)15-19-7-3-2-4-8-19/h2-10H,1,11-17H2,(H,25,26). The Morgan fingerprint density at radius 2 is 1.73 bits per heavy atom. The molecule has 0 fully saturated rings. The van der Waals surface area contributed by atoms with Gasteiger partial charge in [0.1, 0.15) is 0 Å². The molecule has 0 radical (unpaired) electrons. The van der Waals surface area contributed by atoms with Crippen molar-refractivity contribution >= 4 is 5.97 Å². The van der Waals surface area contributed by atoms with Gasteiger partial charge in [-0.1, -0.05) is 61.2 Å². The number of carboxylic acids is 1. The molecule has 1 aliphatic heterocycles. The van der Waals surface area contributed by atoms with Gasteiger partial charge in [-0.15, -0.1) is 0 Å². The van der Waals surface area contributed by atoms with Gasteiger partial charge in [-0.3, -0.25) is 14.6 Å². The molecule has 0 atom stereocenters. The molecule has 0 amide bonds. The lowest BCUT2D eigenvalue weighted by Crippen LogP contribution is -2.36. The van der Waals surface area contributed by atoms with Crippen LogP contribution in [0, 0.1) is 0 Å². The summed E-state index contributed by atoms with van der Waals surface area (Å²) in [4.78, 5) is 15.6. The molecule has 0 spiro atoms. The van der Waals surface area contributed by atoms with Crippen molar-refractivity contribution < 1.29 is 9.90 Å². The first kappa shape index (κ1) is 18.4. The topological polar surface area (TPSA) is 43.8 Å². The zero-order chi connectivity index (χ0) is 18.4. The maximum atomic E-state index is 11.2. The predicted octanol–water partition coefficient (Wildman–Crippen LogP) is 3.19. The highest BCUT2D eigenvalue weighted by atomic mass is 16.4. The summed E-state index contributed by atoms with van der Waals surface area (Å²) in [7, 11) is 0. The molecule has 0 bridgehead atoms. The number of nitrogens with zero attached hydrogens (tertiary/aromatic N) is 2. The average Bonchev–Trinajstić information content (AvgIpc) is 2.62. The van der Waals surface area contributed by atoms with Crippen molar-refractivity contribution in [3.63, 3.8) is 0 Å². The summed E-state index contributed by atoms with van der Waals surface area (Å²) in [6, 6.07) is 18.6. The van der Waals surface area contributed by atoms with Crippen LogP contribution in [0.25, 0.3) is 0 Å². The van der Waals surface area contributed by atoms with Crippen molar-refractivity contribution in [1.29, 1.82) is 0 Å². The van der Waals surface area contributed by atoms with E-state index in [1.807, 2.05) is 35.2 Å². The number of hydrogen-bond acceptors (Lipinski definition) is 3. The summed E-state index contributed by atoms with van der Waals surface area (Å²) >= 11 is 0. The molecule has 1 aliphatic rings. The zero-order valence-corrected chi connectivity index (χ0v) is 15.1. The molecular formula is C22H26N2O2. The Bertz CT molecular complexity index is 758. The van der Waals surface area contributed by atoms with Crippen molar-refractivity contribution in [2.75, 3.05) is 26.2 Å². The average molecular weight is 350 g/mol. The first-order chi connectivity index (χ1) is 12.6. The molecule has 0 saturated carbocycles. The molecule has 4 heteroatoms. The molecule has 1 N–H and O–H groups in total. The van der Waals surface area contributed by atoms with Gasteiger partial charge in [0, 0.05) is 32.7 Å². The van der Waals surface area contributed by atoms with Gasteiger partial charge in [-0.2, -0.15) is 0 Å². The Balaban J connectivity index is 1.56. The van der Waals surface area contributed by atoms with Crippen LogP contribution < -0.4 is 0 Å². The van der Waals surface area contributed by atoms with Gasteiger partial charge in [-0.25, -0.2) is 0 Å². The molecule has 3 rings (SSSR count). The molecule has 0 aliphatic carbocycles. The first-order valence-electron chi connectivity index (χ1n) is 9.04. The van der Waals surface area contributed by atoms with Crippen molar-refractivity contribution in [1.82, 2.24) is 9.80 Å². The SMILES string of the molecule is C=C(CN(CC(=O)O)Cc1ccccc1)CN1CCc2ccccc2C1. The van der Waals surface area contributed by atoms with Gasteiger partial charge in [0.15, 0.2) is 0 Å². The Morgan fingerprint density at radius 3 is 2.46 bits per heavy atom.